The Balaban J connectivity index is 1.81. The summed E-state index contributed by atoms with van der Waals surface area (Å²) in [5.74, 6) is 1.39. The Hall–Kier alpha value is -1.75. The van der Waals surface area contributed by atoms with Crippen molar-refractivity contribution in [2.75, 3.05) is 5.73 Å². The van der Waals surface area contributed by atoms with Crippen molar-refractivity contribution in [3.63, 3.8) is 0 Å². The van der Waals surface area contributed by atoms with E-state index in [-0.39, 0.29) is 11.5 Å². The molecule has 5 nitrogen and oxygen atoms in total. The molecule has 1 aromatic heterocycles. The maximum Gasteiger partial charge on any atom is 0.169 e. The van der Waals surface area contributed by atoms with E-state index in [4.69, 9.17) is 22.1 Å². The van der Waals surface area contributed by atoms with Crippen LogP contribution in [0, 0.1) is 0 Å². The van der Waals surface area contributed by atoms with Gasteiger partial charge in [0.25, 0.3) is 0 Å². The third-order valence-corrected chi connectivity index (χ3v) is 3.85. The number of hydrogen-bond acceptors (Lipinski definition) is 4. The van der Waals surface area contributed by atoms with E-state index >= 15 is 0 Å². The highest BCUT2D eigenvalue weighted by atomic mass is 35.5. The SMILES string of the molecule is CC(C)(C)c1c(N)nnn1CC1Cc2cc(Cl)ccc2O1. The molecule has 1 atom stereocenters. The molecule has 1 aromatic carbocycles. The largest absolute Gasteiger partial charge is 0.488 e. The molecule has 21 heavy (non-hydrogen) atoms. The van der Waals surface area contributed by atoms with Crippen molar-refractivity contribution in [1.82, 2.24) is 15.0 Å². The van der Waals surface area contributed by atoms with Crippen LogP contribution in [0.25, 0.3) is 0 Å². The molecular formula is C15H19ClN4O. The van der Waals surface area contributed by atoms with Crippen molar-refractivity contribution >= 4 is 17.4 Å². The number of halogens is 1. The molecule has 6 heteroatoms. The van der Waals surface area contributed by atoms with Crippen LogP contribution in [0.4, 0.5) is 5.82 Å². The molecule has 1 aliphatic heterocycles. The van der Waals surface area contributed by atoms with E-state index in [1.807, 2.05) is 22.9 Å². The van der Waals surface area contributed by atoms with Gasteiger partial charge in [0, 0.05) is 16.9 Å². The van der Waals surface area contributed by atoms with Crippen LogP contribution >= 0.6 is 11.6 Å². The molecule has 0 aliphatic carbocycles. The van der Waals surface area contributed by atoms with E-state index in [0.717, 1.165) is 28.5 Å². The van der Waals surface area contributed by atoms with Gasteiger partial charge < -0.3 is 10.5 Å². The van der Waals surface area contributed by atoms with Gasteiger partial charge >= 0.3 is 0 Å². The first-order chi connectivity index (χ1) is 9.84. The van der Waals surface area contributed by atoms with Gasteiger partial charge in [-0.15, -0.1) is 5.10 Å². The fraction of sp³-hybridized carbons (Fsp3) is 0.467. The molecule has 2 N–H and O–H groups in total. The number of benzene rings is 1. The highest BCUT2D eigenvalue weighted by Gasteiger charge is 2.28. The van der Waals surface area contributed by atoms with E-state index in [2.05, 4.69) is 31.1 Å². The molecule has 2 heterocycles. The minimum absolute atomic E-state index is 0.0284. The van der Waals surface area contributed by atoms with Gasteiger partial charge in [0.2, 0.25) is 0 Å². The molecule has 0 amide bonds. The van der Waals surface area contributed by atoms with E-state index in [1.165, 1.54) is 0 Å². The van der Waals surface area contributed by atoms with E-state index in [0.29, 0.717) is 12.4 Å². The highest BCUT2D eigenvalue weighted by molar-refractivity contribution is 6.30. The Morgan fingerprint density at radius 1 is 1.43 bits per heavy atom. The Bertz CT molecular complexity index is 675. The normalized spacial score (nSPS) is 17.6. The average Bonchev–Trinajstić information content (AvgIpc) is 2.91. The third kappa shape index (κ3) is 2.70. The van der Waals surface area contributed by atoms with Crippen molar-refractivity contribution in [2.45, 2.75) is 45.3 Å². The summed E-state index contributed by atoms with van der Waals surface area (Å²) in [6.07, 6.45) is 0.847. The summed E-state index contributed by atoms with van der Waals surface area (Å²) in [5.41, 5.74) is 7.93. The monoisotopic (exact) mass is 306 g/mol. The average molecular weight is 307 g/mol. The summed E-state index contributed by atoms with van der Waals surface area (Å²) >= 11 is 6.02. The van der Waals surface area contributed by atoms with Crippen LogP contribution in [0.15, 0.2) is 18.2 Å². The Kier molecular flexibility index (Phi) is 3.32. The number of anilines is 1. The minimum Gasteiger partial charge on any atom is -0.488 e. The van der Waals surface area contributed by atoms with Crippen molar-refractivity contribution in [3.05, 3.63) is 34.5 Å². The van der Waals surface area contributed by atoms with E-state index in [1.54, 1.807) is 0 Å². The Morgan fingerprint density at radius 3 is 2.90 bits per heavy atom. The van der Waals surface area contributed by atoms with Gasteiger partial charge in [-0.05, 0) is 23.8 Å². The van der Waals surface area contributed by atoms with E-state index in [9.17, 15) is 0 Å². The molecule has 3 rings (SSSR count). The van der Waals surface area contributed by atoms with Gasteiger partial charge in [-0.1, -0.05) is 37.6 Å². The summed E-state index contributed by atoms with van der Waals surface area (Å²) in [6, 6.07) is 5.71. The van der Waals surface area contributed by atoms with Crippen molar-refractivity contribution in [3.8, 4) is 5.75 Å². The smallest absolute Gasteiger partial charge is 0.169 e. The van der Waals surface area contributed by atoms with Gasteiger partial charge in [0.05, 0.1) is 12.2 Å². The lowest BCUT2D eigenvalue weighted by Gasteiger charge is -2.21. The number of fused-ring (bicyclic) bond motifs is 1. The molecule has 2 aromatic rings. The topological polar surface area (TPSA) is 66.0 Å². The Morgan fingerprint density at radius 2 is 2.19 bits per heavy atom. The summed E-state index contributed by atoms with van der Waals surface area (Å²) in [6.45, 7) is 6.93. The van der Waals surface area contributed by atoms with Gasteiger partial charge in [0.1, 0.15) is 11.9 Å². The lowest BCUT2D eigenvalue weighted by Crippen LogP contribution is -2.27. The zero-order valence-corrected chi connectivity index (χ0v) is 13.2. The predicted octanol–water partition coefficient (Wildman–Crippen LogP) is 2.81. The molecule has 0 bridgehead atoms. The van der Waals surface area contributed by atoms with Gasteiger partial charge in [-0.25, -0.2) is 4.68 Å². The van der Waals surface area contributed by atoms with Crippen molar-refractivity contribution < 1.29 is 4.74 Å². The molecule has 1 unspecified atom stereocenters. The summed E-state index contributed by atoms with van der Waals surface area (Å²) in [7, 11) is 0. The second-order valence-electron chi connectivity index (χ2n) is 6.45. The number of rotatable bonds is 2. The minimum atomic E-state index is -0.109. The molecule has 1 aliphatic rings. The van der Waals surface area contributed by atoms with Gasteiger partial charge in [-0.3, -0.25) is 0 Å². The zero-order valence-electron chi connectivity index (χ0n) is 12.4. The number of hydrogen-bond donors (Lipinski definition) is 1. The second-order valence-corrected chi connectivity index (χ2v) is 6.89. The third-order valence-electron chi connectivity index (χ3n) is 3.61. The first-order valence-electron chi connectivity index (χ1n) is 6.99. The first kappa shape index (κ1) is 14.2. The molecule has 0 saturated carbocycles. The highest BCUT2D eigenvalue weighted by Crippen LogP contribution is 2.32. The molecule has 0 radical (unpaired) electrons. The van der Waals surface area contributed by atoms with E-state index < -0.39 is 0 Å². The molecular weight excluding hydrogens is 288 g/mol. The fourth-order valence-electron chi connectivity index (χ4n) is 2.81. The van der Waals surface area contributed by atoms with Crippen molar-refractivity contribution in [2.24, 2.45) is 0 Å². The molecule has 0 spiro atoms. The van der Waals surface area contributed by atoms with Gasteiger partial charge in [-0.2, -0.15) is 0 Å². The summed E-state index contributed by atoms with van der Waals surface area (Å²) < 4.78 is 7.81. The van der Waals surface area contributed by atoms with Crippen LogP contribution in [-0.2, 0) is 18.4 Å². The number of nitrogens with two attached hydrogens (primary N) is 1. The summed E-state index contributed by atoms with van der Waals surface area (Å²) in [5, 5.41) is 8.90. The lowest BCUT2D eigenvalue weighted by molar-refractivity contribution is 0.198. The van der Waals surface area contributed by atoms with Crippen LogP contribution in [0.5, 0.6) is 5.75 Å². The van der Waals surface area contributed by atoms with Crippen LogP contribution in [0.1, 0.15) is 32.0 Å². The van der Waals surface area contributed by atoms with Crippen LogP contribution in [0.3, 0.4) is 0 Å². The first-order valence-corrected chi connectivity index (χ1v) is 7.37. The molecule has 0 saturated heterocycles. The lowest BCUT2D eigenvalue weighted by atomic mass is 9.91. The van der Waals surface area contributed by atoms with Gasteiger partial charge in [0.15, 0.2) is 5.82 Å². The van der Waals surface area contributed by atoms with Crippen LogP contribution < -0.4 is 10.5 Å². The number of aromatic nitrogens is 3. The second kappa shape index (κ2) is 4.91. The number of ether oxygens (including phenoxy) is 1. The number of nitrogens with zero attached hydrogens (tertiary/aromatic N) is 3. The predicted molar refractivity (Wildman–Crippen MR) is 82.7 cm³/mol. The molecule has 0 fully saturated rings. The van der Waals surface area contributed by atoms with Crippen LogP contribution in [0.2, 0.25) is 5.02 Å². The van der Waals surface area contributed by atoms with Crippen molar-refractivity contribution in [1.29, 1.82) is 0 Å². The zero-order chi connectivity index (χ0) is 15.2. The number of nitrogen functional groups attached to an aromatic ring is 1. The fourth-order valence-corrected chi connectivity index (χ4v) is 3.00. The molecule has 112 valence electrons. The quantitative estimate of drug-likeness (QED) is 0.926. The Labute approximate surface area is 129 Å². The maximum atomic E-state index is 6.02. The summed E-state index contributed by atoms with van der Waals surface area (Å²) in [4.78, 5) is 0. The standard InChI is InChI=1S/C15H19ClN4O/c1-15(2,3)13-14(17)18-19-20(13)8-11-7-9-6-10(16)4-5-12(9)21-11/h4-6,11H,7-8,17H2,1-3H3. The maximum absolute atomic E-state index is 6.02. The van der Waals surface area contributed by atoms with Crippen LogP contribution in [-0.4, -0.2) is 21.1 Å².